The Balaban J connectivity index is 3.07. The van der Waals surface area contributed by atoms with Crippen molar-refractivity contribution >= 4 is 23.8 Å². The lowest BCUT2D eigenvalue weighted by Gasteiger charge is -2.28. The summed E-state index contributed by atoms with van der Waals surface area (Å²) >= 11 is 0. The van der Waals surface area contributed by atoms with Gasteiger partial charge in [0.15, 0.2) is 5.96 Å². The largest absolute Gasteiger partial charge is 0.443 e. The van der Waals surface area contributed by atoms with Crippen LogP contribution in [-0.4, -0.2) is 40.8 Å². The zero-order chi connectivity index (χ0) is 21.5. The lowest BCUT2D eigenvalue weighted by atomic mass is 10.2. The molecule has 0 heterocycles. The number of rotatable bonds is 4. The average Bonchev–Trinajstić information content (AvgIpc) is 2.49. The van der Waals surface area contributed by atoms with Crippen LogP contribution in [0.3, 0.4) is 0 Å². The lowest BCUT2D eigenvalue weighted by Crippen LogP contribution is -2.43. The lowest BCUT2D eigenvalue weighted by molar-refractivity contribution is -0.000246. The van der Waals surface area contributed by atoms with E-state index < -0.39 is 23.4 Å². The van der Waals surface area contributed by atoms with E-state index in [0.717, 1.165) is 4.90 Å². The second kappa shape index (κ2) is 9.43. The number of carbonyl (C=O) groups excluding carboxylic acids is 2. The van der Waals surface area contributed by atoms with Gasteiger partial charge >= 0.3 is 12.2 Å². The number of amides is 2. The number of hydrogen-bond donors (Lipinski definition) is 2. The molecule has 0 radical (unpaired) electrons. The van der Waals surface area contributed by atoms with Gasteiger partial charge in [0.2, 0.25) is 0 Å². The fourth-order valence-electron chi connectivity index (χ4n) is 2.13. The van der Waals surface area contributed by atoms with Gasteiger partial charge in [-0.1, -0.05) is 12.1 Å². The summed E-state index contributed by atoms with van der Waals surface area (Å²) in [5.74, 6) is 0.288. The Morgan fingerprint density at radius 1 is 1.07 bits per heavy atom. The van der Waals surface area contributed by atoms with E-state index in [9.17, 15) is 9.59 Å². The van der Waals surface area contributed by atoms with Crippen molar-refractivity contribution in [2.45, 2.75) is 66.2 Å². The Labute approximate surface area is 167 Å². The molecule has 1 rings (SSSR count). The molecule has 3 N–H and O–H groups in total. The minimum atomic E-state index is -0.771. The predicted octanol–water partition coefficient (Wildman–Crippen LogP) is 4.11. The first-order valence-electron chi connectivity index (χ1n) is 9.20. The molecule has 8 heteroatoms. The summed E-state index contributed by atoms with van der Waals surface area (Å²) in [6.45, 7) is 12.8. The van der Waals surface area contributed by atoms with Crippen LogP contribution in [0.25, 0.3) is 0 Å². The number of nitrogens with two attached hydrogens (primary N) is 1. The van der Waals surface area contributed by atoms with E-state index >= 15 is 0 Å². The van der Waals surface area contributed by atoms with Gasteiger partial charge in [0.25, 0.3) is 0 Å². The highest BCUT2D eigenvalue weighted by Gasteiger charge is 2.31. The minimum absolute atomic E-state index is 0.00975. The number of ether oxygens (including phenoxy) is 2. The first kappa shape index (κ1) is 23.3. The summed E-state index contributed by atoms with van der Waals surface area (Å²) in [6, 6.07) is 7.17. The van der Waals surface area contributed by atoms with E-state index in [1.165, 1.54) is 0 Å². The van der Waals surface area contributed by atoms with Gasteiger partial charge in [-0.05, 0) is 66.2 Å². The van der Waals surface area contributed by atoms with Gasteiger partial charge in [-0.15, -0.1) is 0 Å². The normalized spacial score (nSPS) is 12.3. The zero-order valence-corrected chi connectivity index (χ0v) is 17.8. The molecular weight excluding hydrogens is 360 g/mol. The fraction of sp³-hybridized carbons (Fsp3) is 0.550. The number of nitrogens with one attached hydrogen (secondary N) is 1. The predicted molar refractivity (Wildman–Crippen MR) is 110 cm³/mol. The van der Waals surface area contributed by atoms with Crippen LogP contribution in [0.4, 0.5) is 15.3 Å². The van der Waals surface area contributed by atoms with Crippen LogP contribution in [0.1, 0.15) is 54.0 Å². The Morgan fingerprint density at radius 2 is 1.61 bits per heavy atom. The number of hydrogen-bond acceptors (Lipinski definition) is 5. The number of guanidine groups is 1. The van der Waals surface area contributed by atoms with Crippen LogP contribution in [0, 0.1) is 0 Å². The third-order valence-corrected chi connectivity index (χ3v) is 3.10. The number of nitrogens with zero attached hydrogens (tertiary/aromatic N) is 2. The molecule has 156 valence electrons. The van der Waals surface area contributed by atoms with Gasteiger partial charge in [0.1, 0.15) is 11.2 Å². The molecule has 1 aromatic rings. The highest BCUT2D eigenvalue weighted by atomic mass is 16.6. The smallest absolute Gasteiger partial charge is 0.420 e. The molecule has 0 spiro atoms. The maximum atomic E-state index is 12.6. The summed E-state index contributed by atoms with van der Waals surface area (Å²) < 4.78 is 10.7. The second-order valence-corrected chi connectivity index (χ2v) is 8.23. The van der Waals surface area contributed by atoms with E-state index in [-0.39, 0.29) is 12.5 Å². The summed E-state index contributed by atoms with van der Waals surface area (Å²) in [4.78, 5) is 30.2. The fourth-order valence-corrected chi connectivity index (χ4v) is 2.13. The first-order valence-corrected chi connectivity index (χ1v) is 9.20. The van der Waals surface area contributed by atoms with Crippen LogP contribution >= 0.6 is 0 Å². The van der Waals surface area contributed by atoms with Crippen molar-refractivity contribution in [2.75, 3.05) is 11.9 Å². The van der Waals surface area contributed by atoms with E-state index in [0.29, 0.717) is 17.8 Å². The summed E-state index contributed by atoms with van der Waals surface area (Å²) in [5, 5.41) is 2.97. The molecule has 1 aromatic carbocycles. The molecule has 0 saturated carbocycles. The molecule has 28 heavy (non-hydrogen) atoms. The van der Waals surface area contributed by atoms with Crippen molar-refractivity contribution in [3.05, 3.63) is 29.8 Å². The van der Waals surface area contributed by atoms with Crippen molar-refractivity contribution < 1.29 is 19.1 Å². The maximum absolute atomic E-state index is 12.6. The third-order valence-electron chi connectivity index (χ3n) is 3.10. The number of benzene rings is 1. The molecule has 0 aliphatic carbocycles. The van der Waals surface area contributed by atoms with E-state index in [4.69, 9.17) is 15.2 Å². The van der Waals surface area contributed by atoms with Crippen LogP contribution < -0.4 is 11.1 Å². The van der Waals surface area contributed by atoms with Gasteiger partial charge in [-0.2, -0.15) is 0 Å². The van der Waals surface area contributed by atoms with Gasteiger partial charge in [0, 0.05) is 12.2 Å². The standard InChI is InChI=1S/C20H32N4O4/c1-8-22-16(21)23-15-11-9-10-14(12-15)13-24(17(25)27-19(2,3)4)18(26)28-20(5,6)7/h9-12H,8,13H2,1-7H3,(H3,21,22,23). The number of anilines is 1. The molecule has 0 atom stereocenters. The highest BCUT2D eigenvalue weighted by molar-refractivity contribution is 5.92. The van der Waals surface area contributed by atoms with Crippen molar-refractivity contribution in [2.24, 2.45) is 10.7 Å². The van der Waals surface area contributed by atoms with Crippen LogP contribution in [0.2, 0.25) is 0 Å². The Hall–Kier alpha value is -2.77. The molecular formula is C20H32N4O4. The highest BCUT2D eigenvalue weighted by Crippen LogP contribution is 2.18. The number of imide groups is 1. The number of aliphatic imine (C=N–C) groups is 1. The second-order valence-electron chi connectivity index (χ2n) is 8.23. The molecule has 0 unspecified atom stereocenters. The average molecular weight is 393 g/mol. The summed E-state index contributed by atoms with van der Waals surface area (Å²) in [7, 11) is 0. The van der Waals surface area contributed by atoms with Crippen LogP contribution in [-0.2, 0) is 16.0 Å². The molecule has 8 nitrogen and oxygen atoms in total. The van der Waals surface area contributed by atoms with E-state index in [1.54, 1.807) is 59.7 Å². The Bertz CT molecular complexity index is 690. The van der Waals surface area contributed by atoms with E-state index in [1.807, 2.05) is 13.0 Å². The monoisotopic (exact) mass is 392 g/mol. The minimum Gasteiger partial charge on any atom is -0.443 e. The Kier molecular flexibility index (Phi) is 7.84. The summed E-state index contributed by atoms with van der Waals surface area (Å²) in [6.07, 6.45) is -1.54. The van der Waals surface area contributed by atoms with Gasteiger partial charge in [0.05, 0.1) is 6.54 Å². The van der Waals surface area contributed by atoms with Crippen molar-refractivity contribution in [3.8, 4) is 0 Å². The topological polar surface area (TPSA) is 106 Å². The molecule has 0 bridgehead atoms. The quantitative estimate of drug-likeness (QED) is 0.590. The van der Waals surface area contributed by atoms with Crippen LogP contribution in [0.15, 0.2) is 29.3 Å². The molecule has 0 aliphatic rings. The molecule has 0 aromatic heterocycles. The van der Waals surface area contributed by atoms with E-state index in [2.05, 4.69) is 10.3 Å². The summed E-state index contributed by atoms with van der Waals surface area (Å²) in [5.41, 5.74) is 5.69. The van der Waals surface area contributed by atoms with Crippen LogP contribution in [0.5, 0.6) is 0 Å². The van der Waals surface area contributed by atoms with Gasteiger partial charge in [-0.3, -0.25) is 4.99 Å². The molecule has 0 aliphatic heterocycles. The maximum Gasteiger partial charge on any atom is 0.420 e. The van der Waals surface area contributed by atoms with Gasteiger partial charge < -0.3 is 20.5 Å². The van der Waals surface area contributed by atoms with Gasteiger partial charge in [-0.25, -0.2) is 14.5 Å². The SMILES string of the molecule is CCN=C(N)Nc1cccc(CN(C(=O)OC(C)(C)C)C(=O)OC(C)(C)C)c1. The molecule has 2 amide bonds. The Morgan fingerprint density at radius 3 is 2.07 bits per heavy atom. The number of carbonyl (C=O) groups is 2. The van der Waals surface area contributed by atoms with Crippen molar-refractivity contribution in [3.63, 3.8) is 0 Å². The molecule has 0 saturated heterocycles. The third kappa shape index (κ3) is 8.75. The molecule has 0 fully saturated rings. The zero-order valence-electron chi connectivity index (χ0n) is 17.8. The van der Waals surface area contributed by atoms with Crippen molar-refractivity contribution in [1.29, 1.82) is 0 Å². The van der Waals surface area contributed by atoms with Crippen molar-refractivity contribution in [1.82, 2.24) is 4.90 Å². The first-order chi connectivity index (χ1) is 12.8.